The summed E-state index contributed by atoms with van der Waals surface area (Å²) >= 11 is 0. The van der Waals surface area contributed by atoms with Gasteiger partial charge in [-0.15, -0.1) is 5.10 Å². The fraction of sp³-hybridized carbons (Fsp3) is 0.565. The Morgan fingerprint density at radius 3 is 2.64 bits per heavy atom. The van der Waals surface area contributed by atoms with E-state index in [2.05, 4.69) is 25.4 Å². The van der Waals surface area contributed by atoms with Gasteiger partial charge in [0.1, 0.15) is 19.3 Å². The lowest BCUT2D eigenvalue weighted by molar-refractivity contribution is 0.0902. The van der Waals surface area contributed by atoms with E-state index in [4.69, 9.17) is 14.2 Å². The van der Waals surface area contributed by atoms with E-state index >= 15 is 0 Å². The highest BCUT2D eigenvalue weighted by atomic mass is 16.6. The van der Waals surface area contributed by atoms with Gasteiger partial charge in [0.25, 0.3) is 5.56 Å². The molecule has 0 bridgehead atoms. The van der Waals surface area contributed by atoms with Crippen molar-refractivity contribution in [2.24, 2.45) is 0 Å². The lowest BCUT2D eigenvalue weighted by Gasteiger charge is -2.33. The molecule has 6 rings (SSSR count). The number of benzene rings is 1. The second kappa shape index (κ2) is 8.75. The van der Waals surface area contributed by atoms with Gasteiger partial charge in [0, 0.05) is 23.6 Å². The van der Waals surface area contributed by atoms with E-state index in [9.17, 15) is 4.79 Å². The Kier molecular flexibility index (Phi) is 5.47. The molecule has 3 aliphatic rings. The molecule has 1 aromatic carbocycles. The van der Waals surface area contributed by atoms with Crippen LogP contribution in [0.4, 0.5) is 0 Å². The molecule has 2 aromatic heterocycles. The van der Waals surface area contributed by atoms with Crippen LogP contribution in [0.15, 0.2) is 23.0 Å². The first-order valence-corrected chi connectivity index (χ1v) is 11.8. The van der Waals surface area contributed by atoms with Gasteiger partial charge in [-0.1, -0.05) is 6.42 Å². The Hall–Kier alpha value is -2.98. The first-order valence-electron chi connectivity index (χ1n) is 11.8. The van der Waals surface area contributed by atoms with E-state index < -0.39 is 0 Å². The molecule has 174 valence electrons. The van der Waals surface area contributed by atoms with Crippen LogP contribution in [0.2, 0.25) is 0 Å². The Balaban J connectivity index is 1.44. The van der Waals surface area contributed by atoms with Crippen LogP contribution < -0.4 is 15.0 Å². The molecule has 0 unspecified atom stereocenters. The van der Waals surface area contributed by atoms with E-state index in [0.29, 0.717) is 42.6 Å². The number of rotatable bonds is 5. The van der Waals surface area contributed by atoms with Gasteiger partial charge >= 0.3 is 0 Å². The maximum atomic E-state index is 13.4. The fourth-order valence-corrected chi connectivity index (χ4v) is 5.16. The third-order valence-electron chi connectivity index (χ3n) is 6.79. The average Bonchev–Trinajstić information content (AvgIpc) is 3.52. The van der Waals surface area contributed by atoms with Crippen molar-refractivity contribution in [2.75, 3.05) is 32.9 Å². The van der Waals surface area contributed by atoms with Crippen molar-refractivity contribution in [3.8, 4) is 11.5 Å². The maximum Gasteiger partial charge on any atom is 0.253 e. The topological polar surface area (TPSA) is 107 Å². The van der Waals surface area contributed by atoms with Crippen LogP contribution in [-0.2, 0) is 11.3 Å². The number of pyridine rings is 1. The van der Waals surface area contributed by atoms with Crippen molar-refractivity contribution in [3.05, 3.63) is 39.9 Å². The van der Waals surface area contributed by atoms with Gasteiger partial charge in [-0.3, -0.25) is 9.69 Å². The zero-order chi connectivity index (χ0) is 22.2. The van der Waals surface area contributed by atoms with Crippen molar-refractivity contribution < 1.29 is 14.2 Å². The molecule has 2 fully saturated rings. The average molecular weight is 453 g/mol. The molecular formula is C23H28N6O4. The fourth-order valence-electron chi connectivity index (χ4n) is 5.16. The molecule has 5 heterocycles. The van der Waals surface area contributed by atoms with Crippen molar-refractivity contribution in [2.45, 2.75) is 50.8 Å². The highest BCUT2D eigenvalue weighted by Crippen LogP contribution is 2.35. The molecule has 0 amide bonds. The van der Waals surface area contributed by atoms with Crippen molar-refractivity contribution in [1.82, 2.24) is 30.1 Å². The molecule has 0 spiro atoms. The highest BCUT2D eigenvalue weighted by molar-refractivity contribution is 5.83. The van der Waals surface area contributed by atoms with Crippen LogP contribution in [0.3, 0.4) is 0 Å². The summed E-state index contributed by atoms with van der Waals surface area (Å²) in [6.07, 6.45) is 5.53. The molecule has 0 saturated carbocycles. The number of nitrogens with zero attached hydrogens (tertiary/aromatic N) is 5. The Morgan fingerprint density at radius 2 is 1.85 bits per heavy atom. The zero-order valence-corrected chi connectivity index (χ0v) is 18.5. The molecule has 2 atom stereocenters. The predicted octanol–water partition coefficient (Wildman–Crippen LogP) is 2.04. The molecule has 3 aromatic rings. The Morgan fingerprint density at radius 1 is 1.03 bits per heavy atom. The number of tetrazole rings is 1. The molecule has 10 nitrogen and oxygen atoms in total. The number of hydrogen-bond donors (Lipinski definition) is 1. The van der Waals surface area contributed by atoms with Gasteiger partial charge in [-0.25, -0.2) is 4.68 Å². The van der Waals surface area contributed by atoms with Crippen LogP contribution in [0.25, 0.3) is 10.9 Å². The van der Waals surface area contributed by atoms with Gasteiger partial charge in [0.15, 0.2) is 17.3 Å². The Labute approximate surface area is 190 Å². The van der Waals surface area contributed by atoms with E-state index in [-0.39, 0.29) is 17.7 Å². The number of ether oxygens (including phenoxy) is 3. The quantitative estimate of drug-likeness (QED) is 0.627. The molecule has 33 heavy (non-hydrogen) atoms. The number of nitrogens with one attached hydrogen (secondary N) is 1. The number of H-pyrrole nitrogens is 1. The monoisotopic (exact) mass is 452 g/mol. The van der Waals surface area contributed by atoms with E-state index in [1.165, 1.54) is 6.42 Å². The summed E-state index contributed by atoms with van der Waals surface area (Å²) in [5.41, 5.74) is 1.23. The molecule has 10 heteroatoms. The van der Waals surface area contributed by atoms with Gasteiger partial charge < -0.3 is 19.2 Å². The number of aromatic nitrogens is 5. The van der Waals surface area contributed by atoms with Crippen LogP contribution >= 0.6 is 0 Å². The summed E-state index contributed by atoms with van der Waals surface area (Å²) in [5.74, 6) is 2.05. The number of aromatic amines is 1. The molecule has 2 saturated heterocycles. The highest BCUT2D eigenvalue weighted by Gasteiger charge is 2.32. The van der Waals surface area contributed by atoms with Crippen molar-refractivity contribution in [3.63, 3.8) is 0 Å². The largest absolute Gasteiger partial charge is 0.486 e. The minimum Gasteiger partial charge on any atom is -0.486 e. The third-order valence-corrected chi connectivity index (χ3v) is 6.79. The van der Waals surface area contributed by atoms with Gasteiger partial charge in [0.2, 0.25) is 0 Å². The summed E-state index contributed by atoms with van der Waals surface area (Å²) < 4.78 is 19.1. The van der Waals surface area contributed by atoms with E-state index in [0.717, 1.165) is 56.3 Å². The Bertz CT molecular complexity index is 1200. The molecule has 0 aliphatic carbocycles. The number of piperidine rings is 1. The summed E-state index contributed by atoms with van der Waals surface area (Å²) in [6, 6.07) is 5.40. The van der Waals surface area contributed by atoms with Gasteiger partial charge in [0.05, 0.1) is 18.2 Å². The normalized spacial score (nSPS) is 22.0. The first kappa shape index (κ1) is 20.6. The summed E-state index contributed by atoms with van der Waals surface area (Å²) in [5, 5.41) is 13.6. The predicted molar refractivity (Wildman–Crippen MR) is 120 cm³/mol. The third kappa shape index (κ3) is 3.97. The van der Waals surface area contributed by atoms with Crippen LogP contribution in [0.5, 0.6) is 11.5 Å². The zero-order valence-electron chi connectivity index (χ0n) is 18.5. The second-order valence-electron chi connectivity index (χ2n) is 8.99. The number of hydrogen-bond acceptors (Lipinski definition) is 8. The maximum absolute atomic E-state index is 13.4. The van der Waals surface area contributed by atoms with Crippen LogP contribution in [-0.4, -0.2) is 69.1 Å². The molecule has 0 radical (unpaired) electrons. The van der Waals surface area contributed by atoms with Gasteiger partial charge in [-0.05, 0) is 61.3 Å². The first-order chi connectivity index (χ1) is 16.3. The summed E-state index contributed by atoms with van der Waals surface area (Å²) in [6.45, 7) is 4.19. The van der Waals surface area contributed by atoms with Crippen LogP contribution in [0.1, 0.15) is 49.5 Å². The SMILES string of the molecule is O=c1[nH]c2cc3c(cc2cc1[C@H](c1nnnn1C[C@H]1CCCO1)N1CCCCC1)OCCO3. The lowest BCUT2D eigenvalue weighted by atomic mass is 10.00. The lowest BCUT2D eigenvalue weighted by Crippen LogP contribution is -2.39. The standard InChI is InChI=1S/C23H28N6O4/c30-23-17(11-15-12-19-20(13-18(15)24-23)33-10-9-32-19)21(28-6-2-1-3-7-28)22-25-26-27-29(22)14-16-5-4-8-31-16/h11-13,16,21H,1-10,14H2,(H,24,30)/t16-,21-/m1/s1. The van der Waals surface area contributed by atoms with Crippen LogP contribution in [0, 0.1) is 0 Å². The summed E-state index contributed by atoms with van der Waals surface area (Å²) in [7, 11) is 0. The molecular weight excluding hydrogens is 424 g/mol. The summed E-state index contributed by atoms with van der Waals surface area (Å²) in [4.78, 5) is 18.8. The van der Waals surface area contributed by atoms with Gasteiger partial charge in [-0.2, -0.15) is 0 Å². The molecule has 3 aliphatic heterocycles. The number of likely N-dealkylation sites (tertiary alicyclic amines) is 1. The minimum absolute atomic E-state index is 0.104. The van der Waals surface area contributed by atoms with E-state index in [1.54, 1.807) is 0 Å². The smallest absolute Gasteiger partial charge is 0.253 e. The minimum atomic E-state index is -0.331. The number of fused-ring (bicyclic) bond motifs is 2. The van der Waals surface area contributed by atoms with Crippen molar-refractivity contribution in [1.29, 1.82) is 0 Å². The molecule has 1 N–H and O–H groups in total. The van der Waals surface area contributed by atoms with E-state index in [1.807, 2.05) is 22.9 Å². The van der Waals surface area contributed by atoms with Crippen molar-refractivity contribution >= 4 is 10.9 Å². The second-order valence-corrected chi connectivity index (χ2v) is 8.99.